The fourth-order valence-corrected chi connectivity index (χ4v) is 2.31. The molecule has 0 fully saturated rings. The molecule has 0 atom stereocenters. The summed E-state index contributed by atoms with van der Waals surface area (Å²) in [5.74, 6) is 1.05. The van der Waals surface area contributed by atoms with Crippen molar-refractivity contribution < 1.29 is 13.9 Å². The molecule has 2 aromatic heterocycles. The van der Waals surface area contributed by atoms with E-state index in [-0.39, 0.29) is 18.3 Å². The number of hydrogen-bond donors (Lipinski definition) is 1. The Bertz CT molecular complexity index is 841. The summed E-state index contributed by atoms with van der Waals surface area (Å²) in [6.07, 6.45) is 3.54. The minimum atomic E-state index is -0.289. The predicted molar refractivity (Wildman–Crippen MR) is 88.9 cm³/mol. The second kappa shape index (κ2) is 7.23. The van der Waals surface area contributed by atoms with E-state index in [1.165, 1.54) is 0 Å². The molecular weight excluding hydrogens is 330 g/mol. The molecule has 1 N–H and O–H groups in total. The van der Waals surface area contributed by atoms with Crippen LogP contribution in [0.2, 0.25) is 5.02 Å². The van der Waals surface area contributed by atoms with Gasteiger partial charge in [0.1, 0.15) is 18.1 Å². The lowest BCUT2D eigenvalue weighted by Gasteiger charge is -2.05. The number of ether oxygens (including phenoxy) is 1. The van der Waals surface area contributed by atoms with Gasteiger partial charge >= 0.3 is 0 Å². The minimum Gasteiger partial charge on any atom is -0.484 e. The van der Waals surface area contributed by atoms with Gasteiger partial charge in [-0.1, -0.05) is 23.7 Å². The van der Waals surface area contributed by atoms with Gasteiger partial charge in [-0.3, -0.25) is 9.48 Å². The molecule has 0 saturated heterocycles. The van der Waals surface area contributed by atoms with Crippen molar-refractivity contribution in [3.63, 3.8) is 0 Å². The van der Waals surface area contributed by atoms with Gasteiger partial charge in [-0.25, -0.2) is 0 Å². The van der Waals surface area contributed by atoms with Crippen molar-refractivity contribution in [1.82, 2.24) is 15.1 Å². The maximum Gasteiger partial charge on any atom is 0.287 e. The second-order valence-corrected chi connectivity index (χ2v) is 5.60. The van der Waals surface area contributed by atoms with Gasteiger partial charge in [-0.05, 0) is 24.3 Å². The van der Waals surface area contributed by atoms with Gasteiger partial charge in [0.2, 0.25) is 0 Å². The molecule has 0 aliphatic carbocycles. The molecule has 0 saturated carbocycles. The number of amides is 1. The molecular formula is C17H16ClN3O3. The number of halogens is 1. The highest BCUT2D eigenvalue weighted by Crippen LogP contribution is 2.24. The summed E-state index contributed by atoms with van der Waals surface area (Å²) < 4.78 is 12.8. The topological polar surface area (TPSA) is 69.3 Å². The van der Waals surface area contributed by atoms with Crippen molar-refractivity contribution >= 4 is 17.5 Å². The maximum absolute atomic E-state index is 12.1. The number of furan rings is 1. The van der Waals surface area contributed by atoms with Crippen LogP contribution in [0.4, 0.5) is 0 Å². The van der Waals surface area contributed by atoms with Crippen LogP contribution in [-0.2, 0) is 20.2 Å². The SMILES string of the molecule is Cn1cc(CNC(=O)c2ccc(COc3ccccc3Cl)o2)cn1. The van der Waals surface area contributed by atoms with Gasteiger partial charge in [0, 0.05) is 25.4 Å². The lowest BCUT2D eigenvalue weighted by molar-refractivity contribution is 0.0919. The van der Waals surface area contributed by atoms with E-state index in [4.69, 9.17) is 20.8 Å². The lowest BCUT2D eigenvalue weighted by Crippen LogP contribution is -2.22. The monoisotopic (exact) mass is 345 g/mol. The number of carbonyl (C=O) groups is 1. The van der Waals surface area contributed by atoms with E-state index in [1.807, 2.05) is 25.4 Å². The van der Waals surface area contributed by atoms with Crippen molar-refractivity contribution in [1.29, 1.82) is 0 Å². The first-order chi connectivity index (χ1) is 11.6. The average Bonchev–Trinajstić information content (AvgIpc) is 3.21. The van der Waals surface area contributed by atoms with Crippen LogP contribution in [0.15, 0.2) is 53.2 Å². The van der Waals surface area contributed by atoms with Crippen LogP contribution in [0.3, 0.4) is 0 Å². The Hall–Kier alpha value is -2.73. The molecule has 24 heavy (non-hydrogen) atoms. The van der Waals surface area contributed by atoms with E-state index in [9.17, 15) is 4.79 Å². The van der Waals surface area contributed by atoms with Gasteiger partial charge in [0.25, 0.3) is 5.91 Å². The Morgan fingerprint density at radius 1 is 1.33 bits per heavy atom. The van der Waals surface area contributed by atoms with Crippen LogP contribution in [0, 0.1) is 0 Å². The molecule has 0 bridgehead atoms. The number of benzene rings is 1. The summed E-state index contributed by atoms with van der Waals surface area (Å²) in [6.45, 7) is 0.582. The largest absolute Gasteiger partial charge is 0.484 e. The molecule has 124 valence electrons. The third-order valence-electron chi connectivity index (χ3n) is 3.30. The van der Waals surface area contributed by atoms with Crippen molar-refractivity contribution in [3.8, 4) is 5.75 Å². The van der Waals surface area contributed by atoms with Crippen LogP contribution in [0.5, 0.6) is 5.75 Å². The molecule has 1 aromatic carbocycles. The lowest BCUT2D eigenvalue weighted by atomic mass is 10.3. The average molecular weight is 346 g/mol. The Morgan fingerprint density at radius 2 is 2.17 bits per heavy atom. The van der Waals surface area contributed by atoms with Gasteiger partial charge < -0.3 is 14.5 Å². The summed E-state index contributed by atoms with van der Waals surface area (Å²) in [5.41, 5.74) is 0.916. The molecule has 3 rings (SSSR count). The fraction of sp³-hybridized carbons (Fsp3) is 0.176. The summed E-state index contributed by atoms with van der Waals surface area (Å²) >= 11 is 6.02. The highest BCUT2D eigenvalue weighted by molar-refractivity contribution is 6.32. The first-order valence-electron chi connectivity index (χ1n) is 7.33. The van der Waals surface area contributed by atoms with Gasteiger partial charge in [-0.2, -0.15) is 5.10 Å². The molecule has 6 nitrogen and oxygen atoms in total. The number of para-hydroxylation sites is 1. The molecule has 1 amide bonds. The van der Waals surface area contributed by atoms with Crippen molar-refractivity contribution in [2.75, 3.05) is 0 Å². The number of rotatable bonds is 6. The zero-order valence-corrected chi connectivity index (χ0v) is 13.8. The predicted octanol–water partition coefficient (Wildman–Crippen LogP) is 3.18. The van der Waals surface area contributed by atoms with E-state index in [1.54, 1.807) is 35.1 Å². The first-order valence-corrected chi connectivity index (χ1v) is 7.71. The molecule has 0 aliphatic heterocycles. The number of carbonyl (C=O) groups excluding carboxylic acids is 1. The van der Waals surface area contributed by atoms with Crippen LogP contribution in [0.1, 0.15) is 21.9 Å². The van der Waals surface area contributed by atoms with Gasteiger partial charge in [0.05, 0.1) is 11.2 Å². The highest BCUT2D eigenvalue weighted by Gasteiger charge is 2.12. The zero-order chi connectivity index (χ0) is 16.9. The maximum atomic E-state index is 12.1. The van der Waals surface area contributed by atoms with Gasteiger partial charge in [-0.15, -0.1) is 0 Å². The first kappa shape index (κ1) is 16.1. The summed E-state index contributed by atoms with van der Waals surface area (Å²) in [7, 11) is 1.82. The third kappa shape index (κ3) is 3.97. The quantitative estimate of drug-likeness (QED) is 0.745. The van der Waals surface area contributed by atoms with E-state index in [0.717, 1.165) is 5.56 Å². The Balaban J connectivity index is 1.54. The molecule has 3 aromatic rings. The van der Waals surface area contributed by atoms with Crippen molar-refractivity contribution in [2.24, 2.45) is 7.05 Å². The van der Waals surface area contributed by atoms with Gasteiger partial charge in [0.15, 0.2) is 5.76 Å². The number of nitrogens with zero attached hydrogens (tertiary/aromatic N) is 2. The van der Waals surface area contributed by atoms with Crippen molar-refractivity contribution in [2.45, 2.75) is 13.2 Å². The molecule has 0 radical (unpaired) electrons. The third-order valence-corrected chi connectivity index (χ3v) is 3.62. The van der Waals surface area contributed by atoms with E-state index in [0.29, 0.717) is 23.1 Å². The molecule has 2 heterocycles. The standard InChI is InChI=1S/C17H16ClN3O3/c1-21-10-12(9-20-21)8-19-17(22)16-7-6-13(24-16)11-23-15-5-3-2-4-14(15)18/h2-7,9-10H,8,11H2,1H3,(H,19,22). The minimum absolute atomic E-state index is 0.194. The number of aromatic nitrogens is 2. The van der Waals surface area contributed by atoms with Crippen molar-refractivity contribution in [3.05, 3.63) is 70.9 Å². The number of nitrogens with one attached hydrogen (secondary N) is 1. The zero-order valence-electron chi connectivity index (χ0n) is 13.0. The van der Waals surface area contributed by atoms with Crippen LogP contribution >= 0.6 is 11.6 Å². The summed E-state index contributed by atoms with van der Waals surface area (Å²) in [6, 6.07) is 10.5. The Kier molecular flexibility index (Phi) is 4.86. The molecule has 7 heteroatoms. The Labute approximate surface area is 144 Å². The van der Waals surface area contributed by atoms with Crippen LogP contribution in [-0.4, -0.2) is 15.7 Å². The van der Waals surface area contributed by atoms with E-state index in [2.05, 4.69) is 10.4 Å². The molecule has 0 spiro atoms. The smallest absolute Gasteiger partial charge is 0.287 e. The van der Waals surface area contributed by atoms with Crippen LogP contribution < -0.4 is 10.1 Å². The summed E-state index contributed by atoms with van der Waals surface area (Å²) in [4.78, 5) is 12.1. The van der Waals surface area contributed by atoms with Crippen LogP contribution in [0.25, 0.3) is 0 Å². The van der Waals surface area contributed by atoms with E-state index >= 15 is 0 Å². The number of aryl methyl sites for hydroxylation is 1. The normalized spacial score (nSPS) is 10.6. The molecule has 0 aliphatic rings. The summed E-state index contributed by atoms with van der Waals surface area (Å²) in [5, 5.41) is 7.35. The molecule has 0 unspecified atom stereocenters. The number of hydrogen-bond acceptors (Lipinski definition) is 4. The van der Waals surface area contributed by atoms with E-state index < -0.39 is 0 Å². The second-order valence-electron chi connectivity index (χ2n) is 5.19. The fourth-order valence-electron chi connectivity index (χ4n) is 2.12. The highest BCUT2D eigenvalue weighted by atomic mass is 35.5. The Morgan fingerprint density at radius 3 is 2.92 bits per heavy atom.